The summed E-state index contributed by atoms with van der Waals surface area (Å²) in [6, 6.07) is 17.7. The van der Waals surface area contributed by atoms with Gasteiger partial charge in [-0.05, 0) is 42.8 Å². The lowest BCUT2D eigenvalue weighted by Crippen LogP contribution is -2.19. The highest BCUT2D eigenvalue weighted by Crippen LogP contribution is 2.19. The summed E-state index contributed by atoms with van der Waals surface area (Å²) in [6.45, 7) is 3.94. The molecule has 2 aromatic carbocycles. The molecule has 0 saturated heterocycles. The van der Waals surface area contributed by atoms with Crippen LogP contribution in [0.1, 0.15) is 20.3 Å². The van der Waals surface area contributed by atoms with E-state index in [1.54, 1.807) is 0 Å². The van der Waals surface area contributed by atoms with Crippen molar-refractivity contribution in [2.45, 2.75) is 20.3 Å². The fraction of sp³-hybridized carbons (Fsp3) is 0.235. The number of carbonyl (C=O) groups excluding carboxylic acids is 1. The Hall–Kier alpha value is -2.29. The molecule has 0 aliphatic heterocycles. The molecule has 104 valence electrons. The highest BCUT2D eigenvalue weighted by Gasteiger charge is 2.10. The molecule has 0 radical (unpaired) electrons. The maximum Gasteiger partial charge on any atom is 0.227 e. The first kappa shape index (κ1) is 14.1. The third kappa shape index (κ3) is 3.85. The van der Waals surface area contributed by atoms with Gasteiger partial charge in [0.25, 0.3) is 0 Å². The van der Waals surface area contributed by atoms with Crippen LogP contribution in [0.3, 0.4) is 0 Å². The van der Waals surface area contributed by atoms with Crippen molar-refractivity contribution < 1.29 is 4.79 Å². The zero-order valence-electron chi connectivity index (χ0n) is 11.9. The average molecular weight is 268 g/mol. The van der Waals surface area contributed by atoms with Gasteiger partial charge in [-0.25, -0.2) is 0 Å². The van der Waals surface area contributed by atoms with Gasteiger partial charge in [0.2, 0.25) is 5.91 Å². The van der Waals surface area contributed by atoms with Gasteiger partial charge in [0.15, 0.2) is 0 Å². The van der Waals surface area contributed by atoms with Gasteiger partial charge in [0, 0.05) is 23.0 Å². The largest absolute Gasteiger partial charge is 0.356 e. The van der Waals surface area contributed by atoms with Crippen LogP contribution in [0.2, 0.25) is 0 Å². The van der Waals surface area contributed by atoms with Crippen LogP contribution in [-0.2, 0) is 4.79 Å². The SMILES string of the molecule is CCC(C)C(=O)Nc1ccc(Nc2ccccc2)cc1. The summed E-state index contributed by atoms with van der Waals surface area (Å²) >= 11 is 0. The molecule has 0 saturated carbocycles. The molecule has 3 heteroatoms. The molecule has 20 heavy (non-hydrogen) atoms. The van der Waals surface area contributed by atoms with Crippen molar-refractivity contribution in [2.75, 3.05) is 10.6 Å². The molecule has 1 atom stereocenters. The fourth-order valence-electron chi connectivity index (χ4n) is 1.78. The Morgan fingerprint density at radius 3 is 2.10 bits per heavy atom. The van der Waals surface area contributed by atoms with Gasteiger partial charge in [-0.1, -0.05) is 32.0 Å². The minimum atomic E-state index is 0.0390. The summed E-state index contributed by atoms with van der Waals surface area (Å²) in [6.07, 6.45) is 0.847. The maximum absolute atomic E-state index is 11.8. The monoisotopic (exact) mass is 268 g/mol. The Morgan fingerprint density at radius 2 is 1.50 bits per heavy atom. The summed E-state index contributed by atoms with van der Waals surface area (Å²) in [4.78, 5) is 11.8. The van der Waals surface area contributed by atoms with E-state index >= 15 is 0 Å². The van der Waals surface area contributed by atoms with Gasteiger partial charge in [-0.2, -0.15) is 0 Å². The van der Waals surface area contributed by atoms with E-state index < -0.39 is 0 Å². The molecule has 0 aliphatic carbocycles. The predicted octanol–water partition coefficient (Wildman–Crippen LogP) is 4.41. The third-order valence-electron chi connectivity index (χ3n) is 3.27. The number of benzene rings is 2. The smallest absolute Gasteiger partial charge is 0.227 e. The zero-order valence-corrected chi connectivity index (χ0v) is 11.9. The average Bonchev–Trinajstić information content (AvgIpc) is 2.49. The first-order chi connectivity index (χ1) is 9.69. The van der Waals surface area contributed by atoms with Crippen molar-refractivity contribution in [1.82, 2.24) is 0 Å². The number of nitrogens with one attached hydrogen (secondary N) is 2. The number of anilines is 3. The summed E-state index contributed by atoms with van der Waals surface area (Å²) in [5.74, 6) is 0.105. The molecule has 0 bridgehead atoms. The second kappa shape index (κ2) is 6.75. The van der Waals surface area contributed by atoms with E-state index in [2.05, 4.69) is 10.6 Å². The molecule has 0 aliphatic rings. The van der Waals surface area contributed by atoms with E-state index in [1.165, 1.54) is 0 Å². The Bertz CT molecular complexity index is 549. The van der Waals surface area contributed by atoms with Gasteiger partial charge in [0.1, 0.15) is 0 Å². The minimum absolute atomic E-state index is 0.0390. The molecule has 1 unspecified atom stereocenters. The number of carbonyl (C=O) groups is 1. The lowest BCUT2D eigenvalue weighted by atomic mass is 10.1. The van der Waals surface area contributed by atoms with Crippen LogP contribution in [0, 0.1) is 5.92 Å². The summed E-state index contributed by atoms with van der Waals surface area (Å²) in [5.41, 5.74) is 2.87. The molecule has 2 N–H and O–H groups in total. The summed E-state index contributed by atoms with van der Waals surface area (Å²) in [7, 11) is 0. The second-order valence-electron chi connectivity index (χ2n) is 4.87. The van der Waals surface area contributed by atoms with Gasteiger partial charge < -0.3 is 10.6 Å². The van der Waals surface area contributed by atoms with E-state index in [9.17, 15) is 4.79 Å². The molecule has 2 rings (SSSR count). The quantitative estimate of drug-likeness (QED) is 0.843. The van der Waals surface area contributed by atoms with Crippen LogP contribution in [0.15, 0.2) is 54.6 Å². The van der Waals surface area contributed by atoms with Crippen molar-refractivity contribution in [2.24, 2.45) is 5.92 Å². The van der Waals surface area contributed by atoms with E-state index in [1.807, 2.05) is 68.4 Å². The number of amides is 1. The number of hydrogen-bond acceptors (Lipinski definition) is 2. The highest BCUT2D eigenvalue weighted by molar-refractivity contribution is 5.92. The molecular formula is C17H20N2O. The molecule has 3 nitrogen and oxygen atoms in total. The summed E-state index contributed by atoms with van der Waals surface area (Å²) < 4.78 is 0. The van der Waals surface area contributed by atoms with Crippen LogP contribution < -0.4 is 10.6 Å². The van der Waals surface area contributed by atoms with E-state index in [-0.39, 0.29) is 11.8 Å². The lowest BCUT2D eigenvalue weighted by molar-refractivity contribution is -0.119. The Balaban J connectivity index is 1.98. The van der Waals surface area contributed by atoms with Crippen LogP contribution in [-0.4, -0.2) is 5.91 Å². The predicted molar refractivity (Wildman–Crippen MR) is 84.3 cm³/mol. The third-order valence-corrected chi connectivity index (χ3v) is 3.27. The Kier molecular flexibility index (Phi) is 4.77. The van der Waals surface area contributed by atoms with Gasteiger partial charge in [-0.3, -0.25) is 4.79 Å². The van der Waals surface area contributed by atoms with Gasteiger partial charge in [0.05, 0.1) is 0 Å². The van der Waals surface area contributed by atoms with E-state index in [0.29, 0.717) is 0 Å². The van der Waals surface area contributed by atoms with Crippen molar-refractivity contribution in [3.8, 4) is 0 Å². The van der Waals surface area contributed by atoms with Crippen LogP contribution >= 0.6 is 0 Å². The first-order valence-corrected chi connectivity index (χ1v) is 6.92. The Morgan fingerprint density at radius 1 is 0.950 bits per heavy atom. The number of rotatable bonds is 5. The number of para-hydroxylation sites is 1. The van der Waals surface area contributed by atoms with Crippen molar-refractivity contribution >= 4 is 23.0 Å². The van der Waals surface area contributed by atoms with Crippen molar-refractivity contribution in [3.63, 3.8) is 0 Å². The van der Waals surface area contributed by atoms with Crippen molar-refractivity contribution in [3.05, 3.63) is 54.6 Å². The maximum atomic E-state index is 11.8. The van der Waals surface area contributed by atoms with Crippen LogP contribution in [0.5, 0.6) is 0 Å². The normalized spacial score (nSPS) is 11.7. The van der Waals surface area contributed by atoms with Crippen LogP contribution in [0.4, 0.5) is 17.1 Å². The standard InChI is InChI=1S/C17H20N2O/c1-3-13(2)17(20)19-16-11-9-15(10-12-16)18-14-7-5-4-6-8-14/h4-13,18H,3H2,1-2H3,(H,19,20). The second-order valence-corrected chi connectivity index (χ2v) is 4.87. The first-order valence-electron chi connectivity index (χ1n) is 6.92. The fourth-order valence-corrected chi connectivity index (χ4v) is 1.78. The van der Waals surface area contributed by atoms with Gasteiger partial charge in [-0.15, -0.1) is 0 Å². The topological polar surface area (TPSA) is 41.1 Å². The van der Waals surface area contributed by atoms with E-state index in [0.717, 1.165) is 23.5 Å². The molecule has 2 aromatic rings. The molecule has 0 fully saturated rings. The highest BCUT2D eigenvalue weighted by atomic mass is 16.1. The number of hydrogen-bond donors (Lipinski definition) is 2. The van der Waals surface area contributed by atoms with Crippen molar-refractivity contribution in [1.29, 1.82) is 0 Å². The molecular weight excluding hydrogens is 248 g/mol. The Labute approximate surface area is 120 Å². The molecule has 0 heterocycles. The lowest BCUT2D eigenvalue weighted by Gasteiger charge is -2.11. The zero-order chi connectivity index (χ0) is 14.4. The minimum Gasteiger partial charge on any atom is -0.356 e. The summed E-state index contributed by atoms with van der Waals surface area (Å²) in [5, 5.41) is 6.22. The molecule has 0 spiro atoms. The molecule has 1 amide bonds. The molecule has 0 aromatic heterocycles. The van der Waals surface area contributed by atoms with E-state index in [4.69, 9.17) is 0 Å². The van der Waals surface area contributed by atoms with Crippen LogP contribution in [0.25, 0.3) is 0 Å². The van der Waals surface area contributed by atoms with Gasteiger partial charge >= 0.3 is 0 Å².